The zero-order valence-corrected chi connectivity index (χ0v) is 16.4. The van der Waals surface area contributed by atoms with Crippen molar-refractivity contribution in [3.05, 3.63) is 46.3 Å². The van der Waals surface area contributed by atoms with E-state index in [1.54, 1.807) is 6.92 Å². The fraction of sp³-hybridized carbons (Fsp3) is 0.350. The predicted molar refractivity (Wildman–Crippen MR) is 105 cm³/mol. The van der Waals surface area contributed by atoms with Gasteiger partial charge in [0.1, 0.15) is 17.1 Å². The summed E-state index contributed by atoms with van der Waals surface area (Å²) in [5.41, 5.74) is -0.264. The highest BCUT2D eigenvalue weighted by atomic mass is 19.1. The van der Waals surface area contributed by atoms with Crippen molar-refractivity contribution in [3.8, 4) is 22.6 Å². The summed E-state index contributed by atoms with van der Waals surface area (Å²) in [5.74, 6) is -1.23. The maximum atomic E-state index is 14.7. The summed E-state index contributed by atoms with van der Waals surface area (Å²) in [7, 11) is 0. The minimum Gasteiger partial charge on any atom is -0.505 e. The normalized spacial score (nSPS) is 10.5. The van der Waals surface area contributed by atoms with Gasteiger partial charge in [0.15, 0.2) is 18.2 Å². The zero-order valence-electron chi connectivity index (χ0n) is 16.4. The Hall–Kier alpha value is -3.00. The van der Waals surface area contributed by atoms with Crippen molar-refractivity contribution in [2.45, 2.75) is 40.7 Å². The van der Waals surface area contributed by atoms with Crippen molar-refractivity contribution in [2.75, 3.05) is 6.79 Å². The number of fused-ring (bicyclic) bond motifs is 1. The lowest BCUT2D eigenvalue weighted by Crippen LogP contribution is -2.24. The maximum absolute atomic E-state index is 14.7. The number of pyridine rings is 1. The molecule has 0 unspecified atom stereocenters. The van der Waals surface area contributed by atoms with Crippen LogP contribution in [0.25, 0.3) is 22.3 Å². The Morgan fingerprint density at radius 1 is 1.18 bits per heavy atom. The lowest BCUT2D eigenvalue weighted by molar-refractivity contribution is 0.0981. The van der Waals surface area contributed by atoms with E-state index >= 15 is 0 Å². The van der Waals surface area contributed by atoms with Gasteiger partial charge >= 0.3 is 0 Å². The number of rotatable bonds is 5. The number of aliphatic hydroxyl groups is 1. The first-order valence-corrected chi connectivity index (χ1v) is 9.10. The number of aromatic hydroxyl groups is 1. The lowest BCUT2D eigenvalue weighted by Gasteiger charge is -2.17. The zero-order chi connectivity index (χ0) is 20.8. The van der Waals surface area contributed by atoms with Gasteiger partial charge < -0.3 is 14.9 Å². The number of hydrogen-bond donors (Lipinski definition) is 2. The molecule has 0 aliphatic carbocycles. The van der Waals surface area contributed by atoms with Gasteiger partial charge in [0.2, 0.25) is 0 Å². The fourth-order valence-corrected chi connectivity index (χ4v) is 2.95. The van der Waals surface area contributed by atoms with E-state index in [1.807, 2.05) is 20.8 Å². The van der Waals surface area contributed by atoms with Crippen molar-refractivity contribution in [1.82, 2.24) is 14.5 Å². The van der Waals surface area contributed by atoms with Crippen LogP contribution in [0.4, 0.5) is 4.39 Å². The monoisotopic (exact) mass is 389 g/mol. The Labute approximate surface area is 162 Å². The van der Waals surface area contributed by atoms with Crippen molar-refractivity contribution >= 4 is 11.2 Å². The van der Waals surface area contributed by atoms with E-state index in [0.29, 0.717) is 18.5 Å². The van der Waals surface area contributed by atoms with Crippen LogP contribution in [-0.2, 0) is 6.54 Å². The van der Waals surface area contributed by atoms with Gasteiger partial charge in [-0.15, -0.1) is 0 Å². The molecule has 0 fully saturated rings. The summed E-state index contributed by atoms with van der Waals surface area (Å²) >= 11 is 0. The second-order valence-electron chi connectivity index (χ2n) is 5.75. The number of nitrogens with zero attached hydrogens (tertiary/aromatic N) is 3. The Morgan fingerprint density at radius 2 is 1.86 bits per heavy atom. The van der Waals surface area contributed by atoms with E-state index < -0.39 is 23.9 Å². The van der Waals surface area contributed by atoms with Gasteiger partial charge in [-0.25, -0.2) is 14.4 Å². The largest absolute Gasteiger partial charge is 0.505 e. The van der Waals surface area contributed by atoms with E-state index in [0.717, 1.165) is 0 Å². The molecular weight excluding hydrogens is 365 g/mol. The topological polar surface area (TPSA) is 97.5 Å². The molecule has 2 aromatic heterocycles. The van der Waals surface area contributed by atoms with Crippen molar-refractivity contribution in [3.63, 3.8) is 0 Å². The molecule has 0 aliphatic heterocycles. The molecule has 0 aliphatic rings. The van der Waals surface area contributed by atoms with Crippen LogP contribution in [0.5, 0.6) is 11.5 Å². The van der Waals surface area contributed by atoms with Gasteiger partial charge in [-0.3, -0.25) is 9.36 Å². The third-order valence-electron chi connectivity index (χ3n) is 4.06. The van der Waals surface area contributed by atoms with Crippen LogP contribution >= 0.6 is 0 Å². The number of halogens is 1. The maximum Gasteiger partial charge on any atom is 0.264 e. The van der Waals surface area contributed by atoms with Crippen LogP contribution in [0.2, 0.25) is 0 Å². The van der Waals surface area contributed by atoms with Crippen LogP contribution in [0.15, 0.2) is 29.3 Å². The summed E-state index contributed by atoms with van der Waals surface area (Å²) in [6, 6.07) is 2.64. The van der Waals surface area contributed by atoms with Crippen molar-refractivity contribution in [1.29, 1.82) is 0 Å². The number of hydrogen-bond acceptors (Lipinski definition) is 6. The van der Waals surface area contributed by atoms with Gasteiger partial charge in [-0.1, -0.05) is 26.8 Å². The molecule has 3 aromatic rings. The lowest BCUT2D eigenvalue weighted by atomic mass is 10.0. The molecule has 0 atom stereocenters. The molecule has 0 spiro atoms. The van der Waals surface area contributed by atoms with E-state index in [9.17, 15) is 14.3 Å². The minimum atomic E-state index is -0.752. The SMILES string of the molecule is CC.CCCn1c(=O)c(-c2c(F)ccc(C)c2OCO)c(O)c2nccnc21. The van der Waals surface area contributed by atoms with Crippen LogP contribution in [0, 0.1) is 12.7 Å². The molecular formula is C20H24FN3O4. The van der Waals surface area contributed by atoms with Gasteiger partial charge in [-0.2, -0.15) is 0 Å². The number of aliphatic hydroxyl groups excluding tert-OH is 1. The minimum absolute atomic E-state index is 0.00816. The number of aromatic nitrogens is 3. The summed E-state index contributed by atoms with van der Waals surface area (Å²) in [6.07, 6.45) is 3.43. The summed E-state index contributed by atoms with van der Waals surface area (Å²) in [4.78, 5) is 21.3. The molecule has 3 rings (SSSR count). The van der Waals surface area contributed by atoms with Gasteiger partial charge in [0.25, 0.3) is 5.56 Å². The first-order valence-electron chi connectivity index (χ1n) is 9.10. The summed E-state index contributed by atoms with van der Waals surface area (Å²) in [6.45, 7) is 7.16. The van der Waals surface area contributed by atoms with Gasteiger partial charge in [0, 0.05) is 18.9 Å². The van der Waals surface area contributed by atoms with Crippen LogP contribution in [-0.4, -0.2) is 31.5 Å². The smallest absolute Gasteiger partial charge is 0.264 e. The molecule has 2 N–H and O–H groups in total. The van der Waals surface area contributed by atoms with E-state index in [1.165, 1.54) is 29.1 Å². The number of benzene rings is 1. The first-order chi connectivity index (χ1) is 13.5. The summed E-state index contributed by atoms with van der Waals surface area (Å²) in [5, 5.41) is 19.8. The number of aryl methyl sites for hydroxylation is 2. The van der Waals surface area contributed by atoms with Gasteiger partial charge in [0.05, 0.1) is 11.1 Å². The number of ether oxygens (including phenoxy) is 1. The van der Waals surface area contributed by atoms with Crippen LogP contribution in [0.1, 0.15) is 32.8 Å². The van der Waals surface area contributed by atoms with Crippen LogP contribution in [0.3, 0.4) is 0 Å². The molecule has 0 saturated carbocycles. The molecule has 0 amide bonds. The Bertz CT molecular complexity index is 1030. The van der Waals surface area contributed by atoms with Gasteiger partial charge in [-0.05, 0) is 25.0 Å². The highest BCUT2D eigenvalue weighted by Crippen LogP contribution is 2.40. The molecule has 150 valence electrons. The van der Waals surface area contributed by atoms with Crippen molar-refractivity contribution in [2.24, 2.45) is 0 Å². The average molecular weight is 389 g/mol. The molecule has 1 aromatic carbocycles. The molecule has 0 bridgehead atoms. The fourth-order valence-electron chi connectivity index (χ4n) is 2.95. The predicted octanol–water partition coefficient (Wildman–Crippen LogP) is 3.38. The van der Waals surface area contributed by atoms with Crippen molar-refractivity contribution < 1.29 is 19.3 Å². The molecule has 2 heterocycles. The highest BCUT2D eigenvalue weighted by Gasteiger charge is 2.25. The van der Waals surface area contributed by atoms with Crippen LogP contribution < -0.4 is 10.3 Å². The van der Waals surface area contributed by atoms with E-state index in [2.05, 4.69) is 9.97 Å². The highest BCUT2D eigenvalue weighted by molar-refractivity contribution is 5.89. The quantitative estimate of drug-likeness (QED) is 0.649. The molecule has 7 nitrogen and oxygen atoms in total. The Morgan fingerprint density at radius 3 is 2.50 bits per heavy atom. The molecule has 0 radical (unpaired) electrons. The third kappa shape index (κ3) is 3.68. The van der Waals surface area contributed by atoms with E-state index in [-0.39, 0.29) is 28.0 Å². The second-order valence-corrected chi connectivity index (χ2v) is 5.75. The molecule has 8 heteroatoms. The molecule has 0 saturated heterocycles. The molecule has 28 heavy (non-hydrogen) atoms. The third-order valence-corrected chi connectivity index (χ3v) is 4.06. The summed E-state index contributed by atoms with van der Waals surface area (Å²) < 4.78 is 21.2. The first kappa shape index (κ1) is 21.3. The Kier molecular flexibility index (Phi) is 7.06. The average Bonchev–Trinajstić information content (AvgIpc) is 2.71. The van der Waals surface area contributed by atoms with E-state index in [4.69, 9.17) is 9.84 Å². The Balaban J connectivity index is 0.00000136. The second kappa shape index (κ2) is 9.27. The standard InChI is InChI=1S/C18H18FN3O4.C2H6/c1-3-8-22-17-14(20-6-7-21-17)15(24)13(18(22)25)12-11(19)5-4-10(2)16(12)26-9-23;1-2/h4-7,23-24H,3,8-9H2,1-2H3;1-2H3.